The monoisotopic (exact) mass is 278 g/mol. The van der Waals surface area contributed by atoms with Crippen molar-refractivity contribution < 1.29 is 4.79 Å². The lowest BCUT2D eigenvalue weighted by Gasteiger charge is -2.30. The molecule has 1 amide bonds. The smallest absolute Gasteiger partial charge is 0.226 e. The summed E-state index contributed by atoms with van der Waals surface area (Å²) in [5, 5.41) is 3.45. The van der Waals surface area contributed by atoms with Gasteiger partial charge in [-0.25, -0.2) is 0 Å². The molecule has 20 heavy (non-hydrogen) atoms. The number of carbonyl (C=O) groups is 1. The van der Waals surface area contributed by atoms with Crippen LogP contribution in [0.15, 0.2) is 11.6 Å². The summed E-state index contributed by atoms with van der Waals surface area (Å²) in [6.45, 7) is 6.26. The Kier molecular flexibility index (Phi) is 6.58. The van der Waals surface area contributed by atoms with E-state index in [2.05, 4.69) is 23.2 Å². The second-order valence-electron chi connectivity index (χ2n) is 6.34. The van der Waals surface area contributed by atoms with Crippen molar-refractivity contribution in [3.8, 4) is 0 Å². The van der Waals surface area contributed by atoms with Crippen molar-refractivity contribution in [2.24, 2.45) is 5.92 Å². The second kappa shape index (κ2) is 8.46. The molecule has 1 heterocycles. The lowest BCUT2D eigenvalue weighted by Crippen LogP contribution is -2.41. The van der Waals surface area contributed by atoms with E-state index in [-0.39, 0.29) is 0 Å². The maximum absolute atomic E-state index is 12.5. The predicted octanol–water partition coefficient (Wildman–Crippen LogP) is 3.12. The molecule has 1 N–H and O–H groups in total. The minimum atomic E-state index is 0.352. The molecule has 2 rings (SSSR count). The maximum atomic E-state index is 12.5. The van der Waals surface area contributed by atoms with Gasteiger partial charge in [-0.1, -0.05) is 18.6 Å². The summed E-state index contributed by atoms with van der Waals surface area (Å²) < 4.78 is 0. The van der Waals surface area contributed by atoms with Gasteiger partial charge in [0, 0.05) is 19.5 Å². The van der Waals surface area contributed by atoms with Crippen LogP contribution in [0.4, 0.5) is 0 Å². The Bertz CT molecular complexity index is 332. The third kappa shape index (κ3) is 4.93. The quantitative estimate of drug-likeness (QED) is 0.757. The van der Waals surface area contributed by atoms with Crippen LogP contribution in [0.25, 0.3) is 0 Å². The van der Waals surface area contributed by atoms with Crippen molar-refractivity contribution in [2.45, 2.75) is 58.3 Å². The van der Waals surface area contributed by atoms with Crippen LogP contribution in [0.1, 0.15) is 58.3 Å². The summed E-state index contributed by atoms with van der Waals surface area (Å²) in [4.78, 5) is 14.7. The summed E-state index contributed by atoms with van der Waals surface area (Å²) in [7, 11) is 0. The fraction of sp³-hybridized carbons (Fsp3) is 0.824. The van der Waals surface area contributed by atoms with Gasteiger partial charge in [-0.2, -0.15) is 0 Å². The molecule has 2 aliphatic rings. The topological polar surface area (TPSA) is 32.3 Å². The van der Waals surface area contributed by atoms with E-state index in [1.807, 2.05) is 0 Å². The Hall–Kier alpha value is -0.830. The average molecular weight is 278 g/mol. The summed E-state index contributed by atoms with van der Waals surface area (Å²) in [6, 6.07) is 0. The molecule has 1 aliphatic heterocycles. The van der Waals surface area contributed by atoms with Gasteiger partial charge in [0.2, 0.25) is 5.91 Å². The highest BCUT2D eigenvalue weighted by atomic mass is 16.2. The number of hydrogen-bond donors (Lipinski definition) is 1. The molecule has 1 aliphatic carbocycles. The average Bonchev–Trinajstić information content (AvgIpc) is 2.49. The molecule has 0 aromatic heterocycles. The van der Waals surface area contributed by atoms with Crippen LogP contribution < -0.4 is 5.32 Å². The molecule has 3 nitrogen and oxygen atoms in total. The number of carbonyl (C=O) groups excluding carboxylic acids is 1. The lowest BCUT2D eigenvalue weighted by atomic mass is 9.96. The Labute approximate surface area is 123 Å². The molecule has 1 atom stereocenters. The Morgan fingerprint density at radius 3 is 2.95 bits per heavy atom. The third-order valence-electron chi connectivity index (χ3n) is 4.49. The zero-order chi connectivity index (χ0) is 14.2. The van der Waals surface area contributed by atoms with Crippen molar-refractivity contribution in [2.75, 3.05) is 26.2 Å². The minimum absolute atomic E-state index is 0.352. The molecule has 1 saturated heterocycles. The second-order valence-corrected chi connectivity index (χ2v) is 6.34. The lowest BCUT2D eigenvalue weighted by molar-refractivity contribution is -0.131. The highest BCUT2D eigenvalue weighted by Crippen LogP contribution is 2.21. The first-order chi connectivity index (χ1) is 9.79. The van der Waals surface area contributed by atoms with Gasteiger partial charge < -0.3 is 10.2 Å². The van der Waals surface area contributed by atoms with Gasteiger partial charge in [-0.15, -0.1) is 0 Å². The van der Waals surface area contributed by atoms with Crippen molar-refractivity contribution in [3.05, 3.63) is 11.6 Å². The number of nitrogens with zero attached hydrogens (tertiary/aromatic N) is 1. The molecule has 0 bridgehead atoms. The van der Waals surface area contributed by atoms with Crippen LogP contribution in [0.3, 0.4) is 0 Å². The largest absolute Gasteiger partial charge is 0.342 e. The standard InChI is InChI=1S/C17H30N2O/c1-2-11-19(14-16-9-6-10-18-13-16)17(20)12-15-7-4-3-5-8-15/h7,16,18H,2-6,8-14H2,1H3. The first-order valence-corrected chi connectivity index (χ1v) is 8.46. The zero-order valence-electron chi connectivity index (χ0n) is 13.0. The number of amides is 1. The fourth-order valence-corrected chi connectivity index (χ4v) is 3.35. The van der Waals surface area contributed by atoms with Gasteiger partial charge in [0.05, 0.1) is 0 Å². The predicted molar refractivity (Wildman–Crippen MR) is 83.6 cm³/mol. The highest BCUT2D eigenvalue weighted by Gasteiger charge is 2.21. The summed E-state index contributed by atoms with van der Waals surface area (Å²) in [6.07, 6.45) is 11.4. The number of rotatable bonds is 6. The molecule has 0 spiro atoms. The van der Waals surface area contributed by atoms with E-state index in [4.69, 9.17) is 0 Å². The van der Waals surface area contributed by atoms with Crippen LogP contribution in [-0.2, 0) is 4.79 Å². The van der Waals surface area contributed by atoms with Gasteiger partial charge in [0.25, 0.3) is 0 Å². The van der Waals surface area contributed by atoms with Crippen LogP contribution in [0.5, 0.6) is 0 Å². The van der Waals surface area contributed by atoms with E-state index < -0.39 is 0 Å². The van der Waals surface area contributed by atoms with E-state index in [9.17, 15) is 4.79 Å². The molecule has 0 saturated carbocycles. The van der Waals surface area contributed by atoms with Crippen molar-refractivity contribution in [1.82, 2.24) is 10.2 Å². The number of hydrogen-bond acceptors (Lipinski definition) is 2. The van der Waals surface area contributed by atoms with Gasteiger partial charge in [0.15, 0.2) is 0 Å². The van der Waals surface area contributed by atoms with Gasteiger partial charge in [0.1, 0.15) is 0 Å². The van der Waals surface area contributed by atoms with E-state index in [1.54, 1.807) is 0 Å². The Balaban J connectivity index is 1.85. The molecule has 0 aromatic carbocycles. The van der Waals surface area contributed by atoms with Crippen LogP contribution in [0, 0.1) is 5.92 Å². The first-order valence-electron chi connectivity index (χ1n) is 8.46. The van der Waals surface area contributed by atoms with Crippen LogP contribution >= 0.6 is 0 Å². The molecule has 114 valence electrons. The number of nitrogens with one attached hydrogen (secondary N) is 1. The van der Waals surface area contributed by atoms with E-state index in [1.165, 1.54) is 37.7 Å². The van der Waals surface area contributed by atoms with E-state index in [0.717, 1.165) is 39.0 Å². The SMILES string of the molecule is CCCN(CC1CCCNC1)C(=O)CC1=CCCCC1. The Morgan fingerprint density at radius 1 is 1.40 bits per heavy atom. The summed E-state index contributed by atoms with van der Waals surface area (Å²) in [5.74, 6) is 1.00. The van der Waals surface area contributed by atoms with Crippen LogP contribution in [0.2, 0.25) is 0 Å². The minimum Gasteiger partial charge on any atom is -0.342 e. The maximum Gasteiger partial charge on any atom is 0.226 e. The van der Waals surface area contributed by atoms with Gasteiger partial charge >= 0.3 is 0 Å². The van der Waals surface area contributed by atoms with Crippen molar-refractivity contribution in [3.63, 3.8) is 0 Å². The van der Waals surface area contributed by atoms with Gasteiger partial charge in [-0.3, -0.25) is 4.79 Å². The molecule has 1 unspecified atom stereocenters. The zero-order valence-corrected chi connectivity index (χ0v) is 13.0. The third-order valence-corrected chi connectivity index (χ3v) is 4.49. The highest BCUT2D eigenvalue weighted by molar-refractivity contribution is 5.78. The summed E-state index contributed by atoms with van der Waals surface area (Å²) >= 11 is 0. The molecule has 1 fully saturated rings. The first kappa shape index (κ1) is 15.6. The number of allylic oxidation sites excluding steroid dienone is 1. The molecule has 0 radical (unpaired) electrons. The normalized spacial score (nSPS) is 23.2. The van der Waals surface area contributed by atoms with E-state index in [0.29, 0.717) is 18.2 Å². The molecular formula is C17H30N2O. The molecule has 3 heteroatoms. The summed E-state index contributed by atoms with van der Waals surface area (Å²) in [5.41, 5.74) is 1.38. The number of piperidine rings is 1. The van der Waals surface area contributed by atoms with Crippen LogP contribution in [-0.4, -0.2) is 37.0 Å². The Morgan fingerprint density at radius 2 is 2.30 bits per heavy atom. The van der Waals surface area contributed by atoms with Crippen molar-refractivity contribution in [1.29, 1.82) is 0 Å². The van der Waals surface area contributed by atoms with Crippen molar-refractivity contribution >= 4 is 5.91 Å². The molecular weight excluding hydrogens is 248 g/mol. The van der Waals surface area contributed by atoms with E-state index >= 15 is 0 Å². The molecule has 0 aromatic rings. The van der Waals surface area contributed by atoms with Gasteiger partial charge in [-0.05, 0) is 64.0 Å². The fourth-order valence-electron chi connectivity index (χ4n) is 3.35.